The number of carbonyl (C=O) groups excluding carboxylic acids is 2. The lowest BCUT2D eigenvalue weighted by molar-refractivity contribution is -0.122. The standard InChI is InChI=1S/C44H42Cl2N10O3/c1-5-27-7-17-37-33(21-27)41(28-8-12-30(45)13-9-28)49-36(44-54-51-25(3)55(37)44)24-40(58)48-19-20-59-32-16-18-38-34(22-32)42(29-10-14-31(46)15-11-29)50-35(23-39(57)47-6-2)43-53-52-26(4)56(38)43/h7-18,21-22,35-36H,5-6,19-20,23-24H2,1-4H3,(H,47,57)(H,48,58)/t35-,36?/m1/s1. The van der Waals surface area contributed by atoms with Gasteiger partial charge in [0.15, 0.2) is 11.6 Å². The molecule has 2 aromatic heterocycles. The van der Waals surface area contributed by atoms with Gasteiger partial charge in [-0.2, -0.15) is 0 Å². The number of hydrogen-bond donors (Lipinski definition) is 2. The Morgan fingerprint density at radius 2 is 1.17 bits per heavy atom. The highest BCUT2D eigenvalue weighted by molar-refractivity contribution is 6.31. The van der Waals surface area contributed by atoms with Gasteiger partial charge in [-0.15, -0.1) is 20.4 Å². The zero-order chi connectivity index (χ0) is 41.2. The SMILES string of the molecule is CCNC(=O)C[C@H]1N=C(c2ccc(Cl)cc2)c2cc(OCCNC(=O)CC3N=C(c4ccc(Cl)cc4)c4cc(CC)ccc4-n4c(C)nnc43)ccc2-n2c(C)nnc21. The van der Waals surface area contributed by atoms with Gasteiger partial charge < -0.3 is 15.4 Å². The van der Waals surface area contributed by atoms with Gasteiger partial charge in [0.05, 0.1) is 42.2 Å². The molecular formula is C44H42Cl2N10O3. The molecule has 2 N–H and O–H groups in total. The molecule has 0 radical (unpaired) electrons. The molecule has 2 amide bonds. The van der Waals surface area contributed by atoms with Crippen LogP contribution >= 0.6 is 23.2 Å². The molecule has 13 nitrogen and oxygen atoms in total. The first kappa shape index (κ1) is 39.6. The smallest absolute Gasteiger partial charge is 0.222 e. The number of nitrogens with one attached hydrogen (secondary N) is 2. The monoisotopic (exact) mass is 828 g/mol. The van der Waals surface area contributed by atoms with Crippen molar-refractivity contribution in [3.8, 4) is 17.1 Å². The lowest BCUT2D eigenvalue weighted by atomic mass is 9.97. The molecule has 2 aliphatic heterocycles. The fraction of sp³-hybridized carbons (Fsp3) is 0.273. The summed E-state index contributed by atoms with van der Waals surface area (Å²) in [6.45, 7) is 8.70. The average Bonchev–Trinajstić information content (AvgIpc) is 3.74. The van der Waals surface area contributed by atoms with Gasteiger partial charge in [-0.1, -0.05) is 60.5 Å². The Morgan fingerprint density at radius 1 is 0.661 bits per heavy atom. The van der Waals surface area contributed by atoms with Crippen molar-refractivity contribution in [3.63, 3.8) is 0 Å². The number of aromatic nitrogens is 6. The molecule has 2 aliphatic rings. The summed E-state index contributed by atoms with van der Waals surface area (Å²) < 4.78 is 10.2. The van der Waals surface area contributed by atoms with Crippen LogP contribution in [0, 0.1) is 13.8 Å². The minimum Gasteiger partial charge on any atom is -0.492 e. The first-order valence-electron chi connectivity index (χ1n) is 19.6. The van der Waals surface area contributed by atoms with Crippen LogP contribution < -0.4 is 15.4 Å². The number of halogens is 2. The molecule has 59 heavy (non-hydrogen) atoms. The number of hydrogen-bond acceptors (Lipinski definition) is 9. The molecule has 4 heterocycles. The summed E-state index contributed by atoms with van der Waals surface area (Å²) in [5.41, 5.74) is 7.69. The number of nitrogens with zero attached hydrogens (tertiary/aromatic N) is 8. The molecule has 1 unspecified atom stereocenters. The van der Waals surface area contributed by atoms with Crippen LogP contribution in [0.4, 0.5) is 0 Å². The van der Waals surface area contributed by atoms with E-state index >= 15 is 0 Å². The van der Waals surface area contributed by atoms with E-state index in [-0.39, 0.29) is 37.8 Å². The van der Waals surface area contributed by atoms with E-state index in [9.17, 15) is 9.59 Å². The molecule has 4 aromatic carbocycles. The van der Waals surface area contributed by atoms with Crippen molar-refractivity contribution < 1.29 is 14.3 Å². The number of ether oxygens (including phenoxy) is 1. The third-order valence-electron chi connectivity index (χ3n) is 10.4. The van der Waals surface area contributed by atoms with Gasteiger partial charge in [0, 0.05) is 38.8 Å². The highest BCUT2D eigenvalue weighted by Gasteiger charge is 2.32. The van der Waals surface area contributed by atoms with Crippen LogP contribution in [-0.4, -0.2) is 72.5 Å². The van der Waals surface area contributed by atoms with Crippen LogP contribution in [0.25, 0.3) is 11.4 Å². The van der Waals surface area contributed by atoms with Crippen LogP contribution in [0.3, 0.4) is 0 Å². The van der Waals surface area contributed by atoms with Gasteiger partial charge in [-0.25, -0.2) is 0 Å². The Bertz CT molecular complexity index is 2610. The fourth-order valence-corrected chi connectivity index (χ4v) is 7.78. The molecular weight excluding hydrogens is 787 g/mol. The second-order valence-corrected chi connectivity index (χ2v) is 15.2. The number of amides is 2. The van der Waals surface area contributed by atoms with E-state index in [1.54, 1.807) is 0 Å². The minimum absolute atomic E-state index is 0.0433. The molecule has 300 valence electrons. The summed E-state index contributed by atoms with van der Waals surface area (Å²) in [6, 6.07) is 25.8. The molecule has 0 bridgehead atoms. The van der Waals surface area contributed by atoms with Crippen molar-refractivity contribution in [3.05, 3.63) is 146 Å². The quantitative estimate of drug-likeness (QED) is 0.124. The molecule has 0 fully saturated rings. The third kappa shape index (κ3) is 8.12. The Kier molecular flexibility index (Phi) is 11.4. The number of fused-ring (bicyclic) bond motifs is 6. The molecule has 0 saturated carbocycles. The maximum Gasteiger partial charge on any atom is 0.222 e. The molecule has 0 spiro atoms. The van der Waals surface area contributed by atoms with Crippen LogP contribution in [0.1, 0.15) is 89.9 Å². The zero-order valence-corrected chi connectivity index (χ0v) is 34.6. The number of aliphatic imine (C=N–C) groups is 2. The van der Waals surface area contributed by atoms with Crippen molar-refractivity contribution in [2.75, 3.05) is 19.7 Å². The molecule has 0 aliphatic carbocycles. The highest BCUT2D eigenvalue weighted by Crippen LogP contribution is 2.36. The van der Waals surface area contributed by atoms with E-state index in [4.69, 9.17) is 37.9 Å². The van der Waals surface area contributed by atoms with Crippen LogP contribution in [0.2, 0.25) is 10.0 Å². The average molecular weight is 830 g/mol. The van der Waals surface area contributed by atoms with Crippen LogP contribution in [0.5, 0.6) is 5.75 Å². The van der Waals surface area contributed by atoms with Gasteiger partial charge in [-0.05, 0) is 87.4 Å². The van der Waals surface area contributed by atoms with E-state index in [0.717, 1.165) is 51.3 Å². The highest BCUT2D eigenvalue weighted by atomic mass is 35.5. The van der Waals surface area contributed by atoms with Crippen molar-refractivity contribution in [1.29, 1.82) is 0 Å². The maximum atomic E-state index is 13.7. The number of carbonyl (C=O) groups is 2. The second kappa shape index (κ2) is 17.0. The molecule has 15 heteroatoms. The van der Waals surface area contributed by atoms with Gasteiger partial charge in [0.25, 0.3) is 0 Å². The van der Waals surface area contributed by atoms with E-state index in [1.807, 2.05) is 96.6 Å². The van der Waals surface area contributed by atoms with Gasteiger partial charge in [0.1, 0.15) is 36.1 Å². The van der Waals surface area contributed by atoms with Crippen LogP contribution in [0.15, 0.2) is 94.9 Å². The van der Waals surface area contributed by atoms with Crippen molar-refractivity contribution in [1.82, 2.24) is 40.2 Å². The molecule has 6 aromatic rings. The summed E-state index contributed by atoms with van der Waals surface area (Å²) in [7, 11) is 0. The van der Waals surface area contributed by atoms with Crippen LogP contribution in [-0.2, 0) is 16.0 Å². The fourth-order valence-electron chi connectivity index (χ4n) is 7.53. The van der Waals surface area contributed by atoms with Crippen molar-refractivity contribution in [2.24, 2.45) is 9.98 Å². The molecule has 2 atom stereocenters. The van der Waals surface area contributed by atoms with E-state index in [1.165, 1.54) is 0 Å². The van der Waals surface area contributed by atoms with E-state index < -0.39 is 12.1 Å². The lowest BCUT2D eigenvalue weighted by Crippen LogP contribution is -2.29. The summed E-state index contributed by atoms with van der Waals surface area (Å²) in [5, 5.41) is 24.8. The number of aryl methyl sites for hydroxylation is 3. The van der Waals surface area contributed by atoms with Gasteiger partial charge in [0.2, 0.25) is 11.8 Å². The summed E-state index contributed by atoms with van der Waals surface area (Å²) >= 11 is 12.6. The third-order valence-corrected chi connectivity index (χ3v) is 10.9. The lowest BCUT2D eigenvalue weighted by Gasteiger charge is -2.15. The first-order chi connectivity index (χ1) is 28.6. The maximum absolute atomic E-state index is 13.7. The summed E-state index contributed by atoms with van der Waals surface area (Å²) in [5.74, 6) is 2.74. The predicted molar refractivity (Wildman–Crippen MR) is 228 cm³/mol. The van der Waals surface area contributed by atoms with E-state index in [0.29, 0.717) is 51.3 Å². The van der Waals surface area contributed by atoms with E-state index in [2.05, 4.69) is 56.2 Å². The summed E-state index contributed by atoms with van der Waals surface area (Å²) in [6.07, 6.45) is 0.995. The Morgan fingerprint density at radius 3 is 1.69 bits per heavy atom. The van der Waals surface area contributed by atoms with Crippen molar-refractivity contribution >= 4 is 46.4 Å². The van der Waals surface area contributed by atoms with Crippen molar-refractivity contribution in [2.45, 2.75) is 59.0 Å². The topological polar surface area (TPSA) is 154 Å². The Labute approximate surface area is 351 Å². The largest absolute Gasteiger partial charge is 0.492 e. The summed E-state index contributed by atoms with van der Waals surface area (Å²) in [4.78, 5) is 36.9. The number of rotatable bonds is 12. The van der Waals surface area contributed by atoms with Gasteiger partial charge >= 0.3 is 0 Å². The van der Waals surface area contributed by atoms with Gasteiger partial charge in [-0.3, -0.25) is 28.7 Å². The number of benzene rings is 4. The molecule has 0 saturated heterocycles. The Hall–Kier alpha value is -6.18. The molecule has 8 rings (SSSR count). The predicted octanol–water partition coefficient (Wildman–Crippen LogP) is 7.23. The second-order valence-electron chi connectivity index (χ2n) is 14.3. The Balaban J connectivity index is 1.03. The zero-order valence-electron chi connectivity index (χ0n) is 33.0. The first-order valence-corrected chi connectivity index (χ1v) is 20.3. The normalized spacial score (nSPS) is 15.4. The minimum atomic E-state index is -0.613.